The van der Waals surface area contributed by atoms with Gasteiger partial charge in [0.25, 0.3) is 0 Å². The number of nitrogens with two attached hydrogens (primary N) is 1. The number of nitrogens with zero attached hydrogens (tertiary/aromatic N) is 1. The molecule has 0 heterocycles. The van der Waals surface area contributed by atoms with E-state index in [0.717, 1.165) is 0 Å². The zero-order valence-electron chi connectivity index (χ0n) is 11.2. The maximum atomic E-state index is 11.8. The molecule has 0 radical (unpaired) electrons. The van der Waals surface area contributed by atoms with Crippen molar-refractivity contribution in [2.45, 2.75) is 39.2 Å². The molecule has 2 N–H and O–H groups in total. The third-order valence-electron chi connectivity index (χ3n) is 2.52. The molecule has 5 heteroatoms. The second-order valence-electron chi connectivity index (χ2n) is 4.68. The Bertz CT molecular complexity index is 254. The number of methoxy groups -OCH3 is 1. The highest BCUT2D eigenvalue weighted by atomic mass is 16.5. The normalized spacial score (nSPS) is 12.4. The summed E-state index contributed by atoms with van der Waals surface area (Å²) in [5.41, 5.74) is 5.79. The summed E-state index contributed by atoms with van der Waals surface area (Å²) in [6.45, 7) is 4.59. The lowest BCUT2D eigenvalue weighted by atomic mass is 10.0. The molecule has 0 aliphatic carbocycles. The molecule has 0 spiro atoms. The zero-order chi connectivity index (χ0) is 13.4. The van der Waals surface area contributed by atoms with Crippen LogP contribution < -0.4 is 5.73 Å². The molecule has 0 aromatic carbocycles. The van der Waals surface area contributed by atoms with E-state index in [1.807, 2.05) is 13.8 Å². The molecule has 0 aromatic heterocycles. The molecule has 0 rings (SSSR count). The summed E-state index contributed by atoms with van der Waals surface area (Å²) >= 11 is 0. The largest absolute Gasteiger partial charge is 0.469 e. The molecule has 0 fully saturated rings. The topological polar surface area (TPSA) is 72.6 Å². The SMILES string of the molecule is COC(=O)CCCN(C)C(=O)[C@H](N)CC(C)C. The van der Waals surface area contributed by atoms with Gasteiger partial charge in [-0.25, -0.2) is 0 Å². The smallest absolute Gasteiger partial charge is 0.305 e. The molecule has 0 aromatic rings. The average Bonchev–Trinajstić information content (AvgIpc) is 2.26. The highest BCUT2D eigenvalue weighted by molar-refractivity contribution is 5.81. The van der Waals surface area contributed by atoms with Crippen LogP contribution in [0.4, 0.5) is 0 Å². The first kappa shape index (κ1) is 15.9. The Balaban J connectivity index is 3.92. The Labute approximate surface area is 103 Å². The molecule has 17 heavy (non-hydrogen) atoms. The monoisotopic (exact) mass is 244 g/mol. The summed E-state index contributed by atoms with van der Waals surface area (Å²) < 4.78 is 4.53. The van der Waals surface area contributed by atoms with Crippen LogP contribution in [0.1, 0.15) is 33.1 Å². The number of esters is 1. The highest BCUT2D eigenvalue weighted by Gasteiger charge is 2.18. The van der Waals surface area contributed by atoms with Gasteiger partial charge in [0.05, 0.1) is 13.2 Å². The Hall–Kier alpha value is -1.10. The molecule has 0 unspecified atom stereocenters. The van der Waals surface area contributed by atoms with Gasteiger partial charge in [-0.15, -0.1) is 0 Å². The summed E-state index contributed by atoms with van der Waals surface area (Å²) in [4.78, 5) is 24.3. The minimum Gasteiger partial charge on any atom is -0.469 e. The first-order valence-corrected chi connectivity index (χ1v) is 5.95. The van der Waals surface area contributed by atoms with Crippen LogP contribution >= 0.6 is 0 Å². The van der Waals surface area contributed by atoms with Crippen molar-refractivity contribution in [1.29, 1.82) is 0 Å². The third-order valence-corrected chi connectivity index (χ3v) is 2.52. The van der Waals surface area contributed by atoms with Gasteiger partial charge in [0, 0.05) is 20.0 Å². The van der Waals surface area contributed by atoms with Crippen LogP contribution in [0.3, 0.4) is 0 Å². The van der Waals surface area contributed by atoms with Crippen molar-refractivity contribution in [3.05, 3.63) is 0 Å². The fourth-order valence-corrected chi connectivity index (χ4v) is 1.56. The quantitative estimate of drug-likeness (QED) is 0.671. The second-order valence-corrected chi connectivity index (χ2v) is 4.68. The predicted octanol–water partition coefficient (Wildman–Crippen LogP) is 0.771. The van der Waals surface area contributed by atoms with Crippen LogP contribution in [-0.4, -0.2) is 43.5 Å². The molecule has 0 aliphatic rings. The maximum Gasteiger partial charge on any atom is 0.305 e. The fraction of sp³-hybridized carbons (Fsp3) is 0.833. The lowest BCUT2D eigenvalue weighted by Gasteiger charge is -2.22. The van der Waals surface area contributed by atoms with Crippen LogP contribution in [0.25, 0.3) is 0 Å². The van der Waals surface area contributed by atoms with Gasteiger partial charge in [-0.2, -0.15) is 0 Å². The van der Waals surface area contributed by atoms with Gasteiger partial charge in [-0.1, -0.05) is 13.8 Å². The summed E-state index contributed by atoms with van der Waals surface area (Å²) in [6, 6.07) is -0.446. The van der Waals surface area contributed by atoms with Crippen molar-refractivity contribution in [2.24, 2.45) is 11.7 Å². The van der Waals surface area contributed by atoms with Crippen LogP contribution in [0, 0.1) is 5.92 Å². The molecule has 1 amide bonds. The van der Waals surface area contributed by atoms with Crippen molar-refractivity contribution >= 4 is 11.9 Å². The Morgan fingerprint density at radius 1 is 1.35 bits per heavy atom. The van der Waals surface area contributed by atoms with Crippen molar-refractivity contribution in [1.82, 2.24) is 4.90 Å². The summed E-state index contributed by atoms with van der Waals surface area (Å²) in [5, 5.41) is 0. The van der Waals surface area contributed by atoms with E-state index >= 15 is 0 Å². The van der Waals surface area contributed by atoms with E-state index in [9.17, 15) is 9.59 Å². The highest BCUT2D eigenvalue weighted by Crippen LogP contribution is 2.05. The molecule has 0 bridgehead atoms. The first-order valence-electron chi connectivity index (χ1n) is 5.95. The number of hydrogen-bond acceptors (Lipinski definition) is 4. The summed E-state index contributed by atoms with van der Waals surface area (Å²) in [6.07, 6.45) is 1.61. The van der Waals surface area contributed by atoms with Gasteiger partial charge >= 0.3 is 5.97 Å². The van der Waals surface area contributed by atoms with E-state index < -0.39 is 6.04 Å². The average molecular weight is 244 g/mol. The van der Waals surface area contributed by atoms with Gasteiger partial charge in [-0.3, -0.25) is 9.59 Å². The van der Waals surface area contributed by atoms with Gasteiger partial charge < -0.3 is 15.4 Å². The molecule has 5 nitrogen and oxygen atoms in total. The van der Waals surface area contributed by atoms with E-state index in [2.05, 4.69) is 4.74 Å². The predicted molar refractivity (Wildman–Crippen MR) is 66.3 cm³/mol. The van der Waals surface area contributed by atoms with Gasteiger partial charge in [0.1, 0.15) is 0 Å². The Morgan fingerprint density at radius 3 is 2.41 bits per heavy atom. The van der Waals surface area contributed by atoms with E-state index in [-0.39, 0.29) is 11.9 Å². The van der Waals surface area contributed by atoms with Crippen molar-refractivity contribution in [2.75, 3.05) is 20.7 Å². The van der Waals surface area contributed by atoms with Crippen molar-refractivity contribution < 1.29 is 14.3 Å². The number of ether oxygens (including phenoxy) is 1. The fourth-order valence-electron chi connectivity index (χ4n) is 1.56. The summed E-state index contributed by atoms with van der Waals surface area (Å²) in [7, 11) is 3.07. The van der Waals surface area contributed by atoms with E-state index in [4.69, 9.17) is 5.73 Å². The van der Waals surface area contributed by atoms with Crippen LogP contribution in [0.2, 0.25) is 0 Å². The second kappa shape index (κ2) is 8.06. The van der Waals surface area contributed by atoms with Gasteiger partial charge in [-0.05, 0) is 18.8 Å². The van der Waals surface area contributed by atoms with E-state index in [1.165, 1.54) is 7.11 Å². The van der Waals surface area contributed by atoms with Gasteiger partial charge in [0.15, 0.2) is 0 Å². The molecule has 0 saturated carbocycles. The number of hydrogen-bond donors (Lipinski definition) is 1. The lowest BCUT2D eigenvalue weighted by molar-refractivity contribution is -0.141. The molecule has 1 atom stereocenters. The molecule has 0 aliphatic heterocycles. The van der Waals surface area contributed by atoms with Gasteiger partial charge in [0.2, 0.25) is 5.91 Å². The number of amides is 1. The Kier molecular flexibility index (Phi) is 7.54. The van der Waals surface area contributed by atoms with Crippen molar-refractivity contribution in [3.8, 4) is 0 Å². The van der Waals surface area contributed by atoms with E-state index in [1.54, 1.807) is 11.9 Å². The number of likely N-dealkylation sites (N-methyl/N-ethyl adjacent to an activating group) is 1. The number of rotatable bonds is 7. The Morgan fingerprint density at radius 2 is 1.94 bits per heavy atom. The van der Waals surface area contributed by atoms with Crippen LogP contribution in [0.15, 0.2) is 0 Å². The minimum atomic E-state index is -0.446. The molecule has 100 valence electrons. The summed E-state index contributed by atoms with van der Waals surface area (Å²) in [5.74, 6) is 0.0818. The van der Waals surface area contributed by atoms with Crippen molar-refractivity contribution in [3.63, 3.8) is 0 Å². The number of carbonyl (C=O) groups is 2. The van der Waals surface area contributed by atoms with Crippen LogP contribution in [0.5, 0.6) is 0 Å². The molecular weight excluding hydrogens is 220 g/mol. The van der Waals surface area contributed by atoms with E-state index in [0.29, 0.717) is 31.7 Å². The number of carbonyl (C=O) groups excluding carboxylic acids is 2. The molecule has 0 saturated heterocycles. The first-order chi connectivity index (χ1) is 7.88. The van der Waals surface area contributed by atoms with Crippen LogP contribution in [-0.2, 0) is 14.3 Å². The standard InChI is InChI=1S/C12H24N2O3/c1-9(2)8-10(13)12(16)14(3)7-5-6-11(15)17-4/h9-10H,5-8,13H2,1-4H3/t10-/m1/s1. The minimum absolute atomic E-state index is 0.0661. The zero-order valence-corrected chi connectivity index (χ0v) is 11.2. The maximum absolute atomic E-state index is 11.8. The lowest BCUT2D eigenvalue weighted by Crippen LogP contribution is -2.42. The molecular formula is C12H24N2O3. The third kappa shape index (κ3) is 6.94.